The molecule has 1 unspecified atom stereocenters. The lowest BCUT2D eigenvalue weighted by Crippen LogP contribution is -2.21. The van der Waals surface area contributed by atoms with Crippen LogP contribution in [0.4, 0.5) is 0 Å². The van der Waals surface area contributed by atoms with Crippen molar-refractivity contribution < 1.29 is 9.47 Å². The van der Waals surface area contributed by atoms with Gasteiger partial charge in [0.2, 0.25) is 0 Å². The molecule has 0 saturated carbocycles. The van der Waals surface area contributed by atoms with Gasteiger partial charge >= 0.3 is 0 Å². The van der Waals surface area contributed by atoms with Gasteiger partial charge in [-0.25, -0.2) is 0 Å². The molecule has 0 aliphatic carbocycles. The maximum Gasteiger partial charge on any atom is 0.164 e. The maximum atomic E-state index is 6.02. The molecule has 0 aromatic heterocycles. The van der Waals surface area contributed by atoms with Crippen LogP contribution in [0.25, 0.3) is 0 Å². The zero-order valence-electron chi connectivity index (χ0n) is 11.6. The van der Waals surface area contributed by atoms with Gasteiger partial charge in [0, 0.05) is 11.6 Å². The summed E-state index contributed by atoms with van der Waals surface area (Å²) in [5.74, 6) is 1.52. The van der Waals surface area contributed by atoms with Gasteiger partial charge in [-0.15, -0.1) is 0 Å². The highest BCUT2D eigenvalue weighted by molar-refractivity contribution is 6.25. The number of hydrogen-bond acceptors (Lipinski definition) is 3. The SMILES string of the molecule is CCOc1cccc(CC(N)CC)c1OC/C=C/Cl. The fourth-order valence-corrected chi connectivity index (χ4v) is 1.82. The monoisotopic (exact) mass is 283 g/mol. The molecule has 19 heavy (non-hydrogen) atoms. The van der Waals surface area contributed by atoms with Crippen molar-refractivity contribution in [2.45, 2.75) is 32.7 Å². The maximum absolute atomic E-state index is 6.02. The number of nitrogens with two attached hydrogens (primary N) is 1. The molecule has 0 heterocycles. The predicted molar refractivity (Wildman–Crippen MR) is 80.1 cm³/mol. The molecule has 2 N–H and O–H groups in total. The summed E-state index contributed by atoms with van der Waals surface area (Å²) in [5.41, 5.74) is 8.54. The lowest BCUT2D eigenvalue weighted by molar-refractivity contribution is 0.294. The van der Waals surface area contributed by atoms with Crippen LogP contribution in [-0.2, 0) is 6.42 Å². The number of ether oxygens (including phenoxy) is 2. The van der Waals surface area contributed by atoms with Crippen molar-refractivity contribution in [1.29, 1.82) is 0 Å². The highest BCUT2D eigenvalue weighted by atomic mass is 35.5. The third kappa shape index (κ3) is 5.13. The Kier molecular flexibility index (Phi) is 7.38. The van der Waals surface area contributed by atoms with Crippen LogP contribution in [0.1, 0.15) is 25.8 Å². The first-order valence-corrected chi connectivity index (χ1v) is 7.04. The highest BCUT2D eigenvalue weighted by Crippen LogP contribution is 2.32. The molecule has 0 bridgehead atoms. The van der Waals surface area contributed by atoms with Gasteiger partial charge in [0.05, 0.1) is 6.61 Å². The van der Waals surface area contributed by atoms with Crippen LogP contribution in [0.15, 0.2) is 29.8 Å². The molecule has 3 nitrogen and oxygen atoms in total. The Labute approximate surface area is 120 Å². The number of halogens is 1. The number of hydrogen-bond donors (Lipinski definition) is 1. The summed E-state index contributed by atoms with van der Waals surface area (Å²) in [4.78, 5) is 0. The van der Waals surface area contributed by atoms with Crippen molar-refractivity contribution in [2.24, 2.45) is 5.73 Å². The molecule has 1 aromatic rings. The van der Waals surface area contributed by atoms with Crippen LogP contribution in [-0.4, -0.2) is 19.3 Å². The topological polar surface area (TPSA) is 44.5 Å². The third-order valence-corrected chi connectivity index (χ3v) is 2.96. The predicted octanol–water partition coefficient (Wildman–Crippen LogP) is 3.50. The van der Waals surface area contributed by atoms with E-state index >= 15 is 0 Å². The normalized spacial score (nSPS) is 12.6. The van der Waals surface area contributed by atoms with Crippen molar-refractivity contribution in [2.75, 3.05) is 13.2 Å². The van der Waals surface area contributed by atoms with Crippen molar-refractivity contribution in [3.8, 4) is 11.5 Å². The Bertz CT molecular complexity index is 407. The van der Waals surface area contributed by atoms with E-state index in [1.165, 1.54) is 5.54 Å². The van der Waals surface area contributed by atoms with E-state index < -0.39 is 0 Å². The van der Waals surface area contributed by atoms with Crippen LogP contribution in [0, 0.1) is 0 Å². The van der Waals surface area contributed by atoms with Gasteiger partial charge in [0.1, 0.15) is 6.61 Å². The average Bonchev–Trinajstić information content (AvgIpc) is 2.42. The summed E-state index contributed by atoms with van der Waals surface area (Å²) in [6, 6.07) is 6.03. The first-order valence-electron chi connectivity index (χ1n) is 6.61. The van der Waals surface area contributed by atoms with Gasteiger partial charge < -0.3 is 15.2 Å². The number of benzene rings is 1. The van der Waals surface area contributed by atoms with Crippen molar-refractivity contribution in [3.05, 3.63) is 35.4 Å². The minimum atomic E-state index is 0.128. The molecule has 0 aliphatic heterocycles. The molecule has 1 atom stereocenters. The van der Waals surface area contributed by atoms with Crippen molar-refractivity contribution in [3.63, 3.8) is 0 Å². The third-order valence-electron chi connectivity index (χ3n) is 2.78. The first kappa shape index (κ1) is 15.9. The summed E-state index contributed by atoms with van der Waals surface area (Å²) in [7, 11) is 0. The molecule has 0 aliphatic rings. The Morgan fingerprint density at radius 2 is 2.11 bits per heavy atom. The van der Waals surface area contributed by atoms with E-state index in [1.807, 2.05) is 25.1 Å². The van der Waals surface area contributed by atoms with Crippen molar-refractivity contribution >= 4 is 11.6 Å². The molecular formula is C15H22ClNO2. The number of para-hydroxylation sites is 1. The zero-order chi connectivity index (χ0) is 14.1. The molecule has 1 aromatic carbocycles. The first-order chi connectivity index (χ1) is 9.22. The van der Waals surface area contributed by atoms with Gasteiger partial charge in [0.15, 0.2) is 11.5 Å². The minimum absolute atomic E-state index is 0.128. The smallest absolute Gasteiger partial charge is 0.164 e. The summed E-state index contributed by atoms with van der Waals surface area (Å²) >= 11 is 5.50. The second kappa shape index (κ2) is 8.83. The molecule has 0 amide bonds. The molecule has 0 saturated heterocycles. The summed E-state index contributed by atoms with van der Waals surface area (Å²) < 4.78 is 11.4. The average molecular weight is 284 g/mol. The van der Waals surface area contributed by atoms with E-state index in [2.05, 4.69) is 6.92 Å². The summed E-state index contributed by atoms with van der Waals surface area (Å²) in [6.45, 7) is 5.05. The Hall–Kier alpha value is -1.19. The van der Waals surface area contributed by atoms with Crippen molar-refractivity contribution in [1.82, 2.24) is 0 Å². The molecule has 4 heteroatoms. The van der Waals surface area contributed by atoms with E-state index in [9.17, 15) is 0 Å². The van der Waals surface area contributed by atoms with E-state index in [0.717, 1.165) is 29.9 Å². The van der Waals surface area contributed by atoms with Gasteiger partial charge in [-0.1, -0.05) is 30.7 Å². The Balaban J connectivity index is 2.95. The minimum Gasteiger partial charge on any atom is -0.490 e. The Morgan fingerprint density at radius 1 is 1.32 bits per heavy atom. The molecule has 0 radical (unpaired) electrons. The van der Waals surface area contributed by atoms with Crippen LogP contribution in [0.3, 0.4) is 0 Å². The van der Waals surface area contributed by atoms with E-state index in [0.29, 0.717) is 13.2 Å². The van der Waals surface area contributed by atoms with Gasteiger partial charge in [-0.05, 0) is 37.5 Å². The highest BCUT2D eigenvalue weighted by Gasteiger charge is 2.13. The van der Waals surface area contributed by atoms with Crippen LogP contribution in [0.5, 0.6) is 11.5 Å². The molecule has 0 fully saturated rings. The standard InChI is InChI=1S/C15H22ClNO2/c1-3-13(17)11-12-7-5-8-14(18-4-2)15(12)19-10-6-9-16/h5-9,13H,3-4,10-11,17H2,1-2H3/b9-6+. The van der Waals surface area contributed by atoms with E-state index in [4.69, 9.17) is 26.8 Å². The van der Waals surface area contributed by atoms with Gasteiger partial charge in [-0.3, -0.25) is 0 Å². The lowest BCUT2D eigenvalue weighted by Gasteiger charge is -2.17. The second-order valence-electron chi connectivity index (χ2n) is 4.22. The lowest BCUT2D eigenvalue weighted by atomic mass is 10.0. The van der Waals surface area contributed by atoms with Gasteiger partial charge in [-0.2, -0.15) is 0 Å². The van der Waals surface area contributed by atoms with Crippen LogP contribution < -0.4 is 15.2 Å². The quantitative estimate of drug-likeness (QED) is 0.794. The van der Waals surface area contributed by atoms with E-state index in [-0.39, 0.29) is 6.04 Å². The molecule has 1 rings (SSSR count). The zero-order valence-corrected chi connectivity index (χ0v) is 12.3. The van der Waals surface area contributed by atoms with Gasteiger partial charge in [0.25, 0.3) is 0 Å². The fourth-order valence-electron chi connectivity index (χ4n) is 1.75. The fraction of sp³-hybridized carbons (Fsp3) is 0.467. The Morgan fingerprint density at radius 3 is 2.74 bits per heavy atom. The van der Waals surface area contributed by atoms with Crippen LogP contribution in [0.2, 0.25) is 0 Å². The summed E-state index contributed by atoms with van der Waals surface area (Å²) in [5, 5.41) is 0. The molecule has 0 spiro atoms. The van der Waals surface area contributed by atoms with Crippen LogP contribution >= 0.6 is 11.6 Å². The second-order valence-corrected chi connectivity index (χ2v) is 4.47. The largest absolute Gasteiger partial charge is 0.490 e. The summed E-state index contributed by atoms with van der Waals surface area (Å²) in [6.07, 6.45) is 3.45. The van der Waals surface area contributed by atoms with E-state index in [1.54, 1.807) is 6.08 Å². The molecular weight excluding hydrogens is 262 g/mol. The molecule has 106 valence electrons. The number of rotatable bonds is 8.